The van der Waals surface area contributed by atoms with Crippen LogP contribution in [0.3, 0.4) is 0 Å². The number of methoxy groups -OCH3 is 1. The van der Waals surface area contributed by atoms with Crippen LogP contribution in [-0.2, 0) is 22.6 Å². The van der Waals surface area contributed by atoms with Crippen molar-refractivity contribution in [2.24, 2.45) is 0 Å². The molecule has 36 heavy (non-hydrogen) atoms. The minimum atomic E-state index is -0.741. The summed E-state index contributed by atoms with van der Waals surface area (Å²) in [6.07, 6.45) is 2.18. The van der Waals surface area contributed by atoms with Gasteiger partial charge >= 0.3 is 0 Å². The molecule has 7 heteroatoms. The van der Waals surface area contributed by atoms with Gasteiger partial charge in [-0.05, 0) is 35.7 Å². The van der Waals surface area contributed by atoms with Gasteiger partial charge in [-0.25, -0.2) is 0 Å². The molecule has 0 saturated heterocycles. The highest BCUT2D eigenvalue weighted by Gasteiger charge is 2.31. The van der Waals surface area contributed by atoms with Crippen molar-refractivity contribution in [2.75, 3.05) is 20.3 Å². The normalized spacial score (nSPS) is 11.4. The molecule has 0 bridgehead atoms. The van der Waals surface area contributed by atoms with Gasteiger partial charge in [-0.2, -0.15) is 0 Å². The highest BCUT2D eigenvalue weighted by atomic mass is 35.5. The third-order valence-corrected chi connectivity index (χ3v) is 6.19. The SMILES string of the molecule is CCCCNC(=O)[C@@H](Cc1ccccc1)N(Cc1ccccc1Cl)C(=O)COc1ccccc1OC. The van der Waals surface area contributed by atoms with E-state index in [1.54, 1.807) is 30.2 Å². The summed E-state index contributed by atoms with van der Waals surface area (Å²) in [6.45, 7) is 2.54. The Labute approximate surface area is 218 Å². The zero-order chi connectivity index (χ0) is 25.8. The van der Waals surface area contributed by atoms with E-state index < -0.39 is 6.04 Å². The zero-order valence-electron chi connectivity index (χ0n) is 20.8. The van der Waals surface area contributed by atoms with Gasteiger partial charge in [-0.1, -0.05) is 85.6 Å². The fraction of sp³-hybridized carbons (Fsp3) is 0.310. The number of carbonyl (C=O) groups is 2. The monoisotopic (exact) mass is 508 g/mol. The molecule has 0 spiro atoms. The van der Waals surface area contributed by atoms with Crippen LogP contribution in [0.5, 0.6) is 11.5 Å². The molecule has 0 heterocycles. The summed E-state index contributed by atoms with van der Waals surface area (Å²) in [7, 11) is 1.55. The van der Waals surface area contributed by atoms with Crippen molar-refractivity contribution in [1.82, 2.24) is 10.2 Å². The molecule has 0 aromatic heterocycles. The second-order valence-corrected chi connectivity index (χ2v) is 8.81. The number of para-hydroxylation sites is 2. The average Bonchev–Trinajstić information content (AvgIpc) is 2.91. The Hall–Kier alpha value is -3.51. The van der Waals surface area contributed by atoms with Crippen LogP contribution in [-0.4, -0.2) is 43.0 Å². The molecule has 0 aliphatic rings. The molecule has 2 amide bonds. The lowest BCUT2D eigenvalue weighted by Crippen LogP contribution is -2.51. The number of hydrogen-bond donors (Lipinski definition) is 1. The van der Waals surface area contributed by atoms with E-state index in [1.807, 2.05) is 60.7 Å². The Morgan fingerprint density at radius 1 is 0.944 bits per heavy atom. The van der Waals surface area contributed by atoms with Gasteiger partial charge in [-0.3, -0.25) is 9.59 Å². The number of nitrogens with zero attached hydrogens (tertiary/aromatic N) is 1. The maximum Gasteiger partial charge on any atom is 0.261 e. The Balaban J connectivity index is 1.91. The highest BCUT2D eigenvalue weighted by molar-refractivity contribution is 6.31. The topological polar surface area (TPSA) is 67.9 Å². The first-order valence-corrected chi connectivity index (χ1v) is 12.5. The maximum atomic E-state index is 13.6. The minimum absolute atomic E-state index is 0.173. The van der Waals surface area contributed by atoms with E-state index in [0.29, 0.717) is 29.5 Å². The Morgan fingerprint density at radius 3 is 2.31 bits per heavy atom. The van der Waals surface area contributed by atoms with E-state index in [9.17, 15) is 9.59 Å². The summed E-state index contributed by atoms with van der Waals surface area (Å²) in [5.74, 6) is 0.455. The second-order valence-electron chi connectivity index (χ2n) is 8.40. The number of benzene rings is 3. The average molecular weight is 509 g/mol. The summed E-state index contributed by atoms with van der Waals surface area (Å²) in [4.78, 5) is 28.6. The molecule has 0 fully saturated rings. The predicted octanol–water partition coefficient (Wildman–Crippen LogP) is 5.28. The van der Waals surface area contributed by atoms with Crippen molar-refractivity contribution in [3.63, 3.8) is 0 Å². The number of ether oxygens (including phenoxy) is 2. The number of carbonyl (C=O) groups excluding carboxylic acids is 2. The van der Waals surface area contributed by atoms with Crippen LogP contribution in [0.15, 0.2) is 78.9 Å². The van der Waals surface area contributed by atoms with Crippen LogP contribution in [0.25, 0.3) is 0 Å². The fourth-order valence-corrected chi connectivity index (χ4v) is 4.03. The summed E-state index contributed by atoms with van der Waals surface area (Å²) in [6, 6.07) is 23.4. The smallest absolute Gasteiger partial charge is 0.261 e. The number of hydrogen-bond acceptors (Lipinski definition) is 4. The summed E-state index contributed by atoms with van der Waals surface area (Å²) in [5.41, 5.74) is 1.71. The van der Waals surface area contributed by atoms with Gasteiger partial charge in [0, 0.05) is 24.5 Å². The van der Waals surface area contributed by atoms with Gasteiger partial charge in [0.1, 0.15) is 6.04 Å². The molecule has 3 aromatic rings. The lowest BCUT2D eigenvalue weighted by Gasteiger charge is -2.31. The molecule has 0 saturated carbocycles. The maximum absolute atomic E-state index is 13.6. The lowest BCUT2D eigenvalue weighted by molar-refractivity contribution is -0.142. The summed E-state index contributed by atoms with van der Waals surface area (Å²) >= 11 is 6.45. The van der Waals surface area contributed by atoms with E-state index >= 15 is 0 Å². The van der Waals surface area contributed by atoms with E-state index in [1.165, 1.54) is 0 Å². The Bertz CT molecular complexity index is 1120. The molecule has 0 radical (unpaired) electrons. The first-order valence-electron chi connectivity index (χ1n) is 12.1. The number of nitrogens with one attached hydrogen (secondary N) is 1. The largest absolute Gasteiger partial charge is 0.493 e. The van der Waals surface area contributed by atoms with Gasteiger partial charge in [0.15, 0.2) is 18.1 Å². The number of unbranched alkanes of at least 4 members (excludes halogenated alkanes) is 1. The van der Waals surface area contributed by atoms with Crippen molar-refractivity contribution in [1.29, 1.82) is 0 Å². The zero-order valence-corrected chi connectivity index (χ0v) is 21.5. The summed E-state index contributed by atoms with van der Waals surface area (Å²) in [5, 5.41) is 3.54. The van der Waals surface area contributed by atoms with Gasteiger partial charge in [-0.15, -0.1) is 0 Å². The quantitative estimate of drug-likeness (QED) is 0.319. The van der Waals surface area contributed by atoms with Crippen molar-refractivity contribution >= 4 is 23.4 Å². The molecule has 1 N–H and O–H groups in total. The van der Waals surface area contributed by atoms with E-state index in [4.69, 9.17) is 21.1 Å². The van der Waals surface area contributed by atoms with Crippen LogP contribution in [0, 0.1) is 0 Å². The van der Waals surface area contributed by atoms with Crippen LogP contribution < -0.4 is 14.8 Å². The van der Waals surface area contributed by atoms with Gasteiger partial charge < -0.3 is 19.7 Å². The second kappa shape index (κ2) is 14.1. The molecular weight excluding hydrogens is 476 g/mol. The van der Waals surface area contributed by atoms with Gasteiger partial charge in [0.05, 0.1) is 7.11 Å². The molecule has 190 valence electrons. The first-order chi connectivity index (χ1) is 17.5. The molecular formula is C29H33ClN2O4. The Morgan fingerprint density at radius 2 is 1.61 bits per heavy atom. The number of amides is 2. The molecule has 0 unspecified atom stereocenters. The molecule has 0 aliphatic carbocycles. The predicted molar refractivity (Wildman–Crippen MR) is 142 cm³/mol. The fourth-order valence-electron chi connectivity index (χ4n) is 3.83. The van der Waals surface area contributed by atoms with E-state index in [2.05, 4.69) is 12.2 Å². The molecule has 6 nitrogen and oxygen atoms in total. The van der Waals surface area contributed by atoms with Crippen LogP contribution in [0.4, 0.5) is 0 Å². The van der Waals surface area contributed by atoms with E-state index in [-0.39, 0.29) is 25.0 Å². The molecule has 0 aliphatic heterocycles. The van der Waals surface area contributed by atoms with Crippen LogP contribution in [0.2, 0.25) is 5.02 Å². The number of halogens is 1. The van der Waals surface area contributed by atoms with Crippen LogP contribution in [0.1, 0.15) is 30.9 Å². The molecule has 3 aromatic carbocycles. The molecule has 1 atom stereocenters. The van der Waals surface area contributed by atoms with Crippen molar-refractivity contribution < 1.29 is 19.1 Å². The van der Waals surface area contributed by atoms with E-state index in [0.717, 1.165) is 24.0 Å². The van der Waals surface area contributed by atoms with Crippen molar-refractivity contribution in [3.8, 4) is 11.5 Å². The third kappa shape index (κ3) is 7.75. The minimum Gasteiger partial charge on any atom is -0.493 e. The lowest BCUT2D eigenvalue weighted by atomic mass is 10.0. The Kier molecular flexibility index (Phi) is 10.6. The third-order valence-electron chi connectivity index (χ3n) is 5.82. The first kappa shape index (κ1) is 27.1. The van der Waals surface area contributed by atoms with Crippen molar-refractivity contribution in [2.45, 2.75) is 38.8 Å². The van der Waals surface area contributed by atoms with Crippen LogP contribution >= 0.6 is 11.6 Å². The van der Waals surface area contributed by atoms with Gasteiger partial charge in [0.2, 0.25) is 5.91 Å². The van der Waals surface area contributed by atoms with Gasteiger partial charge in [0.25, 0.3) is 5.91 Å². The highest BCUT2D eigenvalue weighted by Crippen LogP contribution is 2.26. The van der Waals surface area contributed by atoms with Crippen molar-refractivity contribution in [3.05, 3.63) is 95.0 Å². The summed E-state index contributed by atoms with van der Waals surface area (Å²) < 4.78 is 11.2. The standard InChI is InChI=1S/C29H33ClN2O4/c1-3-4-18-31-29(34)25(19-22-12-6-5-7-13-22)32(20-23-14-8-9-15-24(23)30)28(33)21-36-27-17-11-10-16-26(27)35-2/h5-17,25H,3-4,18-21H2,1-2H3,(H,31,34)/t25-/m1/s1. The number of rotatable bonds is 13. The molecule has 3 rings (SSSR count).